The van der Waals surface area contributed by atoms with E-state index in [4.69, 9.17) is 30.3 Å². The van der Waals surface area contributed by atoms with Gasteiger partial charge in [0.05, 0.1) is 38.0 Å². The summed E-state index contributed by atoms with van der Waals surface area (Å²) in [5.41, 5.74) is 0.115. The Balaban J connectivity index is 0.00000338. The molecule has 0 aromatic heterocycles. The van der Waals surface area contributed by atoms with Crippen molar-refractivity contribution in [3.63, 3.8) is 0 Å². The Morgan fingerprint density at radius 2 is 1.69 bits per heavy atom. The largest absolute Gasteiger partial charge is 0.497 e. The van der Waals surface area contributed by atoms with Crippen molar-refractivity contribution >= 4 is 49.4 Å². The summed E-state index contributed by atoms with van der Waals surface area (Å²) >= 11 is 6.25. The van der Waals surface area contributed by atoms with Crippen LogP contribution >= 0.6 is 19.7 Å². The summed E-state index contributed by atoms with van der Waals surface area (Å²) in [5.74, 6) is 1.13. The van der Waals surface area contributed by atoms with Crippen LogP contribution in [0.3, 0.4) is 0 Å². The van der Waals surface area contributed by atoms with Gasteiger partial charge in [-0.15, -0.1) is 0 Å². The standard InChI is InChI=1S/C18H20ClO5P.Li/c1-21-11-12-24-25(14-9-7-13(22-2)8-10-14)18(20)17-15(19)5-4-6-16(17)23-3;/h4-10H,11-12H2,1-3H3;. The molecule has 0 fully saturated rings. The van der Waals surface area contributed by atoms with Crippen molar-refractivity contribution in [1.82, 2.24) is 0 Å². The van der Waals surface area contributed by atoms with Gasteiger partial charge in [0.1, 0.15) is 19.6 Å². The van der Waals surface area contributed by atoms with E-state index >= 15 is 0 Å². The minimum atomic E-state index is -1.60. The van der Waals surface area contributed by atoms with Gasteiger partial charge in [-0.3, -0.25) is 4.79 Å². The fourth-order valence-corrected chi connectivity index (χ4v) is 4.09. The average Bonchev–Trinajstić information content (AvgIpc) is 2.64. The Bertz CT molecular complexity index is 711. The molecule has 0 saturated carbocycles. The van der Waals surface area contributed by atoms with E-state index in [-0.39, 0.29) is 24.4 Å². The van der Waals surface area contributed by atoms with Crippen LogP contribution in [0.4, 0.5) is 0 Å². The van der Waals surface area contributed by atoms with Crippen molar-refractivity contribution in [2.24, 2.45) is 0 Å². The van der Waals surface area contributed by atoms with Crippen molar-refractivity contribution < 1.29 is 23.5 Å². The fraction of sp³-hybridized carbons (Fsp3) is 0.278. The molecule has 1 radical (unpaired) electrons. The number of hydrogen-bond donors (Lipinski definition) is 0. The van der Waals surface area contributed by atoms with Gasteiger partial charge in [-0.2, -0.15) is 0 Å². The third-order valence-electron chi connectivity index (χ3n) is 3.41. The molecule has 0 bridgehead atoms. The van der Waals surface area contributed by atoms with E-state index < -0.39 is 8.15 Å². The van der Waals surface area contributed by atoms with Gasteiger partial charge in [0.25, 0.3) is 0 Å². The summed E-state index contributed by atoms with van der Waals surface area (Å²) in [4.78, 5) is 13.2. The van der Waals surface area contributed by atoms with Crippen molar-refractivity contribution in [3.8, 4) is 11.5 Å². The number of hydrogen-bond acceptors (Lipinski definition) is 5. The van der Waals surface area contributed by atoms with Crippen molar-refractivity contribution in [3.05, 3.63) is 53.1 Å². The summed E-state index contributed by atoms with van der Waals surface area (Å²) in [6.45, 7) is 0.689. The second-order valence-electron chi connectivity index (χ2n) is 4.94. The van der Waals surface area contributed by atoms with Gasteiger partial charge < -0.3 is 18.7 Å². The average molecular weight is 390 g/mol. The normalized spacial score (nSPS) is 11.4. The SMILES string of the molecule is COCCOP(C(=O)c1c(Cl)cccc1OC)c1ccc(OC)cc1.[Li]. The molecule has 2 aromatic rings. The monoisotopic (exact) mass is 389 g/mol. The van der Waals surface area contributed by atoms with Crippen LogP contribution in [0.2, 0.25) is 5.02 Å². The Labute approximate surface area is 171 Å². The zero-order chi connectivity index (χ0) is 18.2. The molecule has 2 rings (SSSR count). The number of carbonyl (C=O) groups excluding carboxylic acids is 1. The smallest absolute Gasteiger partial charge is 0.221 e. The molecule has 1 unspecified atom stereocenters. The summed E-state index contributed by atoms with van der Waals surface area (Å²) in [6.07, 6.45) is 0. The van der Waals surface area contributed by atoms with Crippen LogP contribution in [0.5, 0.6) is 11.5 Å². The second-order valence-corrected chi connectivity index (χ2v) is 7.12. The van der Waals surface area contributed by atoms with Crippen molar-refractivity contribution in [2.45, 2.75) is 0 Å². The van der Waals surface area contributed by atoms with E-state index in [9.17, 15) is 4.79 Å². The molecule has 5 nitrogen and oxygen atoms in total. The van der Waals surface area contributed by atoms with Crippen LogP contribution in [0, 0.1) is 0 Å². The topological polar surface area (TPSA) is 54.0 Å². The summed E-state index contributed by atoms with van der Waals surface area (Å²) in [7, 11) is 3.08. The van der Waals surface area contributed by atoms with E-state index in [1.807, 2.05) is 12.1 Å². The second kappa shape index (κ2) is 11.6. The molecule has 135 valence electrons. The Kier molecular flexibility index (Phi) is 10.3. The first-order valence-electron chi connectivity index (χ1n) is 7.55. The van der Waals surface area contributed by atoms with E-state index in [1.165, 1.54) is 7.11 Å². The van der Waals surface area contributed by atoms with E-state index in [0.29, 0.717) is 35.3 Å². The van der Waals surface area contributed by atoms with Gasteiger partial charge >= 0.3 is 0 Å². The first-order valence-corrected chi connectivity index (χ1v) is 9.19. The van der Waals surface area contributed by atoms with Crippen LogP contribution in [-0.4, -0.2) is 58.9 Å². The van der Waals surface area contributed by atoms with Crippen LogP contribution in [0.25, 0.3) is 0 Å². The molecule has 0 N–H and O–H groups in total. The molecule has 0 spiro atoms. The zero-order valence-electron chi connectivity index (χ0n) is 15.3. The molecule has 0 saturated heterocycles. The van der Waals surface area contributed by atoms with Crippen molar-refractivity contribution in [1.29, 1.82) is 0 Å². The first kappa shape index (κ1) is 23.0. The molecule has 2 aromatic carbocycles. The minimum Gasteiger partial charge on any atom is -0.497 e. The van der Waals surface area contributed by atoms with E-state index in [1.54, 1.807) is 44.6 Å². The molecule has 0 aliphatic rings. The summed E-state index contributed by atoms with van der Waals surface area (Å²) in [5, 5.41) is 1.10. The fourth-order valence-electron chi connectivity index (χ4n) is 2.16. The van der Waals surface area contributed by atoms with E-state index in [0.717, 1.165) is 5.30 Å². The predicted molar refractivity (Wildman–Crippen MR) is 105 cm³/mol. The molecule has 0 aliphatic heterocycles. The van der Waals surface area contributed by atoms with Gasteiger partial charge in [-0.25, -0.2) is 0 Å². The Hall–Kier alpha value is -1.05. The Morgan fingerprint density at radius 3 is 2.27 bits per heavy atom. The molecule has 26 heavy (non-hydrogen) atoms. The maximum Gasteiger partial charge on any atom is 0.221 e. The molecular weight excluding hydrogens is 370 g/mol. The van der Waals surface area contributed by atoms with Gasteiger partial charge in [-0.1, -0.05) is 17.7 Å². The number of methoxy groups -OCH3 is 3. The molecule has 8 heteroatoms. The molecular formula is C18H20ClLiO5P. The quantitative estimate of drug-likeness (QED) is 0.373. The third kappa shape index (κ3) is 5.72. The van der Waals surface area contributed by atoms with E-state index in [2.05, 4.69) is 0 Å². The number of halogens is 1. The Morgan fingerprint density at radius 1 is 1.00 bits per heavy atom. The minimum absolute atomic E-state index is 0. The number of ether oxygens (including phenoxy) is 3. The molecule has 0 heterocycles. The van der Waals surface area contributed by atoms with Gasteiger partial charge in [-0.05, 0) is 36.4 Å². The number of carbonyl (C=O) groups is 1. The maximum absolute atomic E-state index is 13.2. The van der Waals surface area contributed by atoms with Crippen LogP contribution in [-0.2, 0) is 9.26 Å². The van der Waals surface area contributed by atoms with Gasteiger partial charge in [0.15, 0.2) is 0 Å². The number of benzene rings is 2. The zero-order valence-corrected chi connectivity index (χ0v) is 17.0. The van der Waals surface area contributed by atoms with Crippen molar-refractivity contribution in [2.75, 3.05) is 34.5 Å². The molecule has 0 aliphatic carbocycles. The van der Waals surface area contributed by atoms with Gasteiger partial charge in [0.2, 0.25) is 5.52 Å². The molecule has 1 atom stereocenters. The number of rotatable bonds is 9. The maximum atomic E-state index is 13.2. The summed E-state index contributed by atoms with van der Waals surface area (Å²) in [6, 6.07) is 12.3. The van der Waals surface area contributed by atoms with Crippen LogP contribution in [0.15, 0.2) is 42.5 Å². The molecule has 0 amide bonds. The predicted octanol–water partition coefficient (Wildman–Crippen LogP) is 3.50. The van der Waals surface area contributed by atoms with Crippen LogP contribution < -0.4 is 14.8 Å². The summed E-state index contributed by atoms with van der Waals surface area (Å²) < 4.78 is 21.3. The third-order valence-corrected chi connectivity index (χ3v) is 5.52. The van der Waals surface area contributed by atoms with Crippen LogP contribution in [0.1, 0.15) is 10.4 Å². The first-order chi connectivity index (χ1) is 12.1. The van der Waals surface area contributed by atoms with Gasteiger partial charge in [0, 0.05) is 31.3 Å².